The van der Waals surface area contributed by atoms with Gasteiger partial charge in [-0.25, -0.2) is 4.79 Å². The first-order chi connectivity index (χ1) is 8.11. The van der Waals surface area contributed by atoms with E-state index in [0.29, 0.717) is 23.5 Å². The molecule has 1 aliphatic heterocycles. The Kier molecular flexibility index (Phi) is 2.99. The molecular weight excluding hydrogens is 224 g/mol. The molecule has 5 heteroatoms. The fraction of sp³-hybridized carbons (Fsp3) is 0.333. The number of benzene rings is 1. The normalized spacial score (nSPS) is 15.0. The van der Waals surface area contributed by atoms with Gasteiger partial charge in [-0.2, -0.15) is 0 Å². The highest BCUT2D eigenvalue weighted by atomic mass is 16.5. The number of carboxylic acid groups (broad SMARTS) is 1. The summed E-state index contributed by atoms with van der Waals surface area (Å²) in [6.07, 6.45) is -0.517. The van der Waals surface area contributed by atoms with Crippen LogP contribution < -0.4 is 9.47 Å². The third-order valence-electron chi connectivity index (χ3n) is 2.54. The molecule has 0 fully saturated rings. The van der Waals surface area contributed by atoms with Crippen LogP contribution in [0.4, 0.5) is 0 Å². The maximum Gasteiger partial charge on any atom is 0.344 e. The van der Waals surface area contributed by atoms with E-state index in [2.05, 4.69) is 0 Å². The van der Waals surface area contributed by atoms with Crippen molar-refractivity contribution in [2.24, 2.45) is 0 Å². The minimum atomic E-state index is -1.01. The average molecular weight is 236 g/mol. The lowest BCUT2D eigenvalue weighted by atomic mass is 10.1. The summed E-state index contributed by atoms with van der Waals surface area (Å²) >= 11 is 0. The number of Topliss-reactive ketones (excluding diaryl/α,β-unsaturated/α-hetero) is 1. The molecule has 90 valence electrons. The summed E-state index contributed by atoms with van der Waals surface area (Å²) in [6, 6.07) is 4.72. The molecule has 0 aliphatic carbocycles. The number of ketones is 1. The van der Waals surface area contributed by atoms with Gasteiger partial charge in [-0.15, -0.1) is 0 Å². The van der Waals surface area contributed by atoms with Crippen LogP contribution in [0.3, 0.4) is 0 Å². The number of ether oxygens (including phenoxy) is 2. The van der Waals surface area contributed by atoms with Gasteiger partial charge < -0.3 is 14.6 Å². The van der Waals surface area contributed by atoms with Crippen molar-refractivity contribution < 1.29 is 24.2 Å². The van der Waals surface area contributed by atoms with Gasteiger partial charge in [0, 0.05) is 6.07 Å². The van der Waals surface area contributed by atoms with Crippen molar-refractivity contribution in [2.45, 2.75) is 19.4 Å². The molecule has 0 saturated heterocycles. The van der Waals surface area contributed by atoms with Crippen LogP contribution in [0.25, 0.3) is 0 Å². The smallest absolute Gasteiger partial charge is 0.344 e. The topological polar surface area (TPSA) is 72.8 Å². The number of fused-ring (bicyclic) bond motifs is 1. The number of hydrogen-bond donors (Lipinski definition) is 1. The maximum atomic E-state index is 11.3. The molecule has 1 heterocycles. The third kappa shape index (κ3) is 2.22. The Morgan fingerprint density at radius 2 is 2.35 bits per heavy atom. The Morgan fingerprint density at radius 3 is 3.00 bits per heavy atom. The second kappa shape index (κ2) is 4.45. The molecule has 0 aromatic heterocycles. The number of carbonyl (C=O) groups is 2. The zero-order chi connectivity index (χ0) is 12.4. The first-order valence-electron chi connectivity index (χ1n) is 5.31. The molecule has 1 N–H and O–H groups in total. The van der Waals surface area contributed by atoms with Gasteiger partial charge >= 0.3 is 5.97 Å². The van der Waals surface area contributed by atoms with Gasteiger partial charge in [0.05, 0.1) is 5.56 Å². The molecule has 2 rings (SSSR count). The zero-order valence-corrected chi connectivity index (χ0v) is 9.30. The molecular formula is C12H12O5. The molecule has 0 amide bonds. The molecule has 1 aliphatic rings. The van der Waals surface area contributed by atoms with E-state index in [1.807, 2.05) is 0 Å². The standard InChI is InChI=1S/C12H12O5/c1-2-10(12(14)15)17-7-3-4-8-9(13)6-16-11(8)5-7/h3-5,10H,2,6H2,1H3,(H,14,15). The monoisotopic (exact) mass is 236 g/mol. The predicted octanol–water partition coefficient (Wildman–Crippen LogP) is 1.50. The van der Waals surface area contributed by atoms with E-state index in [9.17, 15) is 9.59 Å². The minimum absolute atomic E-state index is 0.0366. The largest absolute Gasteiger partial charge is 0.485 e. The molecule has 1 unspecified atom stereocenters. The molecule has 0 spiro atoms. The van der Waals surface area contributed by atoms with Crippen LogP contribution >= 0.6 is 0 Å². The van der Waals surface area contributed by atoms with Gasteiger partial charge in [0.1, 0.15) is 11.5 Å². The van der Waals surface area contributed by atoms with Crippen LogP contribution in [0.5, 0.6) is 11.5 Å². The molecule has 17 heavy (non-hydrogen) atoms. The molecule has 0 radical (unpaired) electrons. The van der Waals surface area contributed by atoms with Gasteiger partial charge in [0.25, 0.3) is 0 Å². The Hall–Kier alpha value is -2.04. The Balaban J connectivity index is 2.18. The van der Waals surface area contributed by atoms with Crippen molar-refractivity contribution in [1.82, 2.24) is 0 Å². The van der Waals surface area contributed by atoms with E-state index in [0.717, 1.165) is 0 Å². The number of aliphatic carboxylic acids is 1. The van der Waals surface area contributed by atoms with Crippen molar-refractivity contribution in [1.29, 1.82) is 0 Å². The van der Waals surface area contributed by atoms with Crippen LogP contribution in [0.2, 0.25) is 0 Å². The maximum absolute atomic E-state index is 11.3. The molecule has 1 aromatic rings. The Labute approximate surface area is 98.0 Å². The van der Waals surface area contributed by atoms with Gasteiger partial charge in [-0.3, -0.25) is 4.79 Å². The van der Waals surface area contributed by atoms with E-state index in [1.165, 1.54) is 0 Å². The van der Waals surface area contributed by atoms with Crippen LogP contribution in [0.15, 0.2) is 18.2 Å². The summed E-state index contributed by atoms with van der Waals surface area (Å²) < 4.78 is 10.4. The molecule has 0 saturated carbocycles. The number of carboxylic acids is 1. The second-order valence-corrected chi connectivity index (χ2v) is 3.72. The first-order valence-corrected chi connectivity index (χ1v) is 5.31. The number of rotatable bonds is 4. The van der Waals surface area contributed by atoms with E-state index >= 15 is 0 Å². The van der Waals surface area contributed by atoms with Crippen LogP contribution in [0, 0.1) is 0 Å². The minimum Gasteiger partial charge on any atom is -0.485 e. The fourth-order valence-electron chi connectivity index (χ4n) is 1.62. The van der Waals surface area contributed by atoms with Crippen molar-refractivity contribution >= 4 is 11.8 Å². The van der Waals surface area contributed by atoms with Gasteiger partial charge in [0.2, 0.25) is 5.78 Å². The summed E-state index contributed by atoms with van der Waals surface area (Å²) in [6.45, 7) is 1.76. The quantitative estimate of drug-likeness (QED) is 0.857. The van der Waals surface area contributed by atoms with Crippen molar-refractivity contribution in [2.75, 3.05) is 6.61 Å². The van der Waals surface area contributed by atoms with Crippen molar-refractivity contribution in [3.63, 3.8) is 0 Å². The molecule has 1 aromatic carbocycles. The molecule has 0 bridgehead atoms. The Morgan fingerprint density at radius 1 is 1.59 bits per heavy atom. The van der Waals surface area contributed by atoms with E-state index < -0.39 is 12.1 Å². The van der Waals surface area contributed by atoms with E-state index in [-0.39, 0.29) is 12.4 Å². The molecule has 1 atom stereocenters. The first kappa shape index (κ1) is 11.4. The SMILES string of the molecule is CCC(Oc1ccc2c(c1)OCC2=O)C(=O)O. The summed E-state index contributed by atoms with van der Waals surface area (Å²) in [4.78, 5) is 22.1. The van der Waals surface area contributed by atoms with Crippen LogP contribution in [-0.4, -0.2) is 29.6 Å². The number of carbonyl (C=O) groups excluding carboxylic acids is 1. The summed E-state index contributed by atoms with van der Waals surface area (Å²) in [7, 11) is 0. The highest BCUT2D eigenvalue weighted by molar-refractivity contribution is 6.02. The van der Waals surface area contributed by atoms with E-state index in [4.69, 9.17) is 14.6 Å². The highest BCUT2D eigenvalue weighted by Crippen LogP contribution is 2.30. The van der Waals surface area contributed by atoms with Crippen LogP contribution in [0.1, 0.15) is 23.7 Å². The van der Waals surface area contributed by atoms with Gasteiger partial charge in [-0.05, 0) is 18.6 Å². The van der Waals surface area contributed by atoms with Crippen molar-refractivity contribution in [3.8, 4) is 11.5 Å². The zero-order valence-electron chi connectivity index (χ0n) is 9.30. The summed E-state index contributed by atoms with van der Waals surface area (Å²) in [5, 5.41) is 8.86. The number of hydrogen-bond acceptors (Lipinski definition) is 4. The van der Waals surface area contributed by atoms with Gasteiger partial charge in [-0.1, -0.05) is 6.92 Å². The predicted molar refractivity (Wildman–Crippen MR) is 58.6 cm³/mol. The summed E-state index contributed by atoms with van der Waals surface area (Å²) in [5.41, 5.74) is 0.515. The lowest BCUT2D eigenvalue weighted by Gasteiger charge is -2.13. The average Bonchev–Trinajstić information content (AvgIpc) is 2.67. The second-order valence-electron chi connectivity index (χ2n) is 3.72. The van der Waals surface area contributed by atoms with Gasteiger partial charge in [0.15, 0.2) is 12.7 Å². The molecule has 5 nitrogen and oxygen atoms in total. The van der Waals surface area contributed by atoms with E-state index in [1.54, 1.807) is 25.1 Å². The lowest BCUT2D eigenvalue weighted by molar-refractivity contribution is -0.145. The van der Waals surface area contributed by atoms with Crippen LogP contribution in [-0.2, 0) is 4.79 Å². The highest BCUT2D eigenvalue weighted by Gasteiger charge is 2.23. The third-order valence-corrected chi connectivity index (χ3v) is 2.54. The summed E-state index contributed by atoms with van der Waals surface area (Å²) in [5.74, 6) is -0.234. The fourth-order valence-corrected chi connectivity index (χ4v) is 1.62. The lowest BCUT2D eigenvalue weighted by Crippen LogP contribution is -2.25. The Bertz CT molecular complexity index is 466. The van der Waals surface area contributed by atoms with Crippen molar-refractivity contribution in [3.05, 3.63) is 23.8 Å².